The third-order valence-corrected chi connectivity index (χ3v) is 11.3. The van der Waals surface area contributed by atoms with Crippen molar-refractivity contribution in [3.63, 3.8) is 0 Å². The second-order valence-electron chi connectivity index (χ2n) is 15.0. The number of hydrogen-bond acceptors (Lipinski definition) is 6. The van der Waals surface area contributed by atoms with E-state index in [0.29, 0.717) is 45.1 Å². The molecule has 0 saturated carbocycles. The van der Waals surface area contributed by atoms with Crippen molar-refractivity contribution in [3.05, 3.63) is 96.3 Å². The molecule has 4 heterocycles. The van der Waals surface area contributed by atoms with E-state index in [-0.39, 0.29) is 42.0 Å². The first-order valence-corrected chi connectivity index (χ1v) is 19.7. The smallest absolute Gasteiger partial charge is 0.317 e. The number of carbonyl (C=O) groups is 3. The number of carbonyl (C=O) groups excluding carboxylic acids is 3. The Morgan fingerprint density at radius 2 is 1.31 bits per heavy atom. The number of piperidine rings is 1. The van der Waals surface area contributed by atoms with Gasteiger partial charge in [0.25, 0.3) is 0 Å². The van der Waals surface area contributed by atoms with Gasteiger partial charge in [0.2, 0.25) is 11.8 Å². The quantitative estimate of drug-likeness (QED) is 0.158. The molecule has 1 saturated heterocycles. The fraction of sp³-hybridized carbons (Fsp3) is 0.442. The molecule has 11 heteroatoms. The highest BCUT2D eigenvalue weighted by Gasteiger charge is 2.35. The molecule has 11 nitrogen and oxygen atoms in total. The number of para-hydroxylation sites is 2. The van der Waals surface area contributed by atoms with E-state index in [2.05, 4.69) is 83.4 Å². The van der Waals surface area contributed by atoms with Crippen molar-refractivity contribution >= 4 is 34.9 Å². The van der Waals surface area contributed by atoms with Crippen molar-refractivity contribution in [3.8, 4) is 11.1 Å². The molecule has 4 atom stereocenters. The predicted octanol–water partition coefficient (Wildman–Crippen LogP) is 7.28. The second kappa shape index (κ2) is 16.5. The Bertz CT molecular complexity index is 1930. The molecular weight excluding hydrogens is 677 g/mol. The van der Waals surface area contributed by atoms with Crippen LogP contribution in [0, 0.1) is 0 Å². The number of aromatic nitrogens is 2. The molecule has 4 aromatic rings. The number of hydrogen-bond donors (Lipinski definition) is 3. The summed E-state index contributed by atoms with van der Waals surface area (Å²) in [6.45, 7) is 10.6. The second-order valence-corrected chi connectivity index (χ2v) is 15.0. The van der Waals surface area contributed by atoms with Gasteiger partial charge in [0, 0.05) is 85.5 Å². The highest BCUT2D eigenvalue weighted by molar-refractivity contribution is 5.96. The van der Waals surface area contributed by atoms with Crippen LogP contribution in [0.3, 0.4) is 0 Å². The average molecular weight is 731 g/mol. The summed E-state index contributed by atoms with van der Waals surface area (Å²) in [7, 11) is 0. The minimum atomic E-state index is -0.0334. The van der Waals surface area contributed by atoms with Crippen molar-refractivity contribution in [2.75, 3.05) is 34.8 Å². The average Bonchev–Trinajstić information content (AvgIpc) is 3.67. The van der Waals surface area contributed by atoms with E-state index >= 15 is 0 Å². The van der Waals surface area contributed by atoms with Crippen LogP contribution in [0.5, 0.6) is 0 Å². The maximum atomic E-state index is 13.1. The summed E-state index contributed by atoms with van der Waals surface area (Å²) in [5.74, 6) is 0.318. The van der Waals surface area contributed by atoms with Gasteiger partial charge in [0.1, 0.15) is 0 Å². The molecule has 1 fully saturated rings. The van der Waals surface area contributed by atoms with E-state index in [4.69, 9.17) is 0 Å². The lowest BCUT2D eigenvalue weighted by atomic mass is 9.90. The lowest BCUT2D eigenvalue weighted by Crippen LogP contribution is -2.51. The molecule has 0 radical (unpaired) electrons. The summed E-state index contributed by atoms with van der Waals surface area (Å²) in [5, 5.41) is 15.2. The summed E-state index contributed by atoms with van der Waals surface area (Å²) in [6, 6.07) is 25.7. The van der Waals surface area contributed by atoms with Gasteiger partial charge in [-0.2, -0.15) is 5.10 Å². The van der Waals surface area contributed by atoms with Crippen LogP contribution >= 0.6 is 0 Å². The standard InChI is InChI=1S/C43H54N8O3/c1-5-41(52)50-29(3)25-37(35-11-7-9-13-39(35)50)46-33-17-15-31(16-18-33)32-27-45-49(28-32)24-21-44-43(54)48-22-19-34(20-23-48)47-38-26-30(4)51(42(53)6-2)40-14-10-8-12-36(38)40/h7-18,27-30,34,37-38,46-47H,5-6,19-26H2,1-4H3,(H,44,54)/t29-,30-,37+,38+/m0/s1. The molecule has 3 aromatic carbocycles. The minimum Gasteiger partial charge on any atom is -0.378 e. The van der Waals surface area contributed by atoms with Gasteiger partial charge < -0.3 is 30.7 Å². The van der Waals surface area contributed by atoms with Crippen LogP contribution in [0.25, 0.3) is 11.1 Å². The molecule has 1 aromatic heterocycles. The van der Waals surface area contributed by atoms with Gasteiger partial charge >= 0.3 is 6.03 Å². The zero-order valence-electron chi connectivity index (χ0n) is 32.0. The summed E-state index contributed by atoms with van der Waals surface area (Å²) in [5.41, 5.74) is 7.46. The molecular formula is C43H54N8O3. The van der Waals surface area contributed by atoms with Crippen molar-refractivity contribution in [2.45, 2.75) is 103 Å². The van der Waals surface area contributed by atoms with Crippen LogP contribution in [-0.4, -0.2) is 70.3 Å². The van der Waals surface area contributed by atoms with Crippen LogP contribution in [0.15, 0.2) is 85.2 Å². The third-order valence-electron chi connectivity index (χ3n) is 11.3. The number of rotatable bonds is 10. The topological polar surface area (TPSA) is 115 Å². The molecule has 0 bridgehead atoms. The molecule has 3 aliphatic rings. The first kappa shape index (κ1) is 37.2. The van der Waals surface area contributed by atoms with E-state index in [1.165, 1.54) is 5.56 Å². The number of nitrogens with zero attached hydrogens (tertiary/aromatic N) is 5. The number of urea groups is 1. The molecule has 0 spiro atoms. The number of fused-ring (bicyclic) bond motifs is 2. The van der Waals surface area contributed by atoms with E-state index < -0.39 is 0 Å². The van der Waals surface area contributed by atoms with Crippen molar-refractivity contribution in [2.24, 2.45) is 0 Å². The SMILES string of the molecule is CCC(=O)N1c2ccccc2[C@H](Nc2ccc(-c3cnn(CCNC(=O)N4CCC(N[C@@H]5C[C@H](C)N(C(=O)CC)c6ccccc65)CC4)c3)cc2)C[C@@H]1C. The normalized spacial score (nSPS) is 21.3. The van der Waals surface area contributed by atoms with Gasteiger partial charge in [-0.1, -0.05) is 62.4 Å². The number of likely N-dealkylation sites (tertiary alicyclic amines) is 1. The van der Waals surface area contributed by atoms with Crippen molar-refractivity contribution < 1.29 is 14.4 Å². The number of benzene rings is 3. The lowest BCUT2D eigenvalue weighted by molar-refractivity contribution is -0.119. The van der Waals surface area contributed by atoms with Crippen LogP contribution in [-0.2, 0) is 16.1 Å². The molecule has 7 rings (SSSR count). The zero-order valence-corrected chi connectivity index (χ0v) is 32.0. The van der Waals surface area contributed by atoms with Gasteiger partial charge in [0.15, 0.2) is 0 Å². The van der Waals surface area contributed by atoms with E-state index in [1.807, 2.05) is 69.9 Å². The van der Waals surface area contributed by atoms with Gasteiger partial charge in [-0.15, -0.1) is 0 Å². The van der Waals surface area contributed by atoms with E-state index in [9.17, 15) is 14.4 Å². The van der Waals surface area contributed by atoms with Crippen LogP contribution in [0.2, 0.25) is 0 Å². The Labute approximate surface area is 319 Å². The van der Waals surface area contributed by atoms with Gasteiger partial charge in [0.05, 0.1) is 18.8 Å². The highest BCUT2D eigenvalue weighted by Crippen LogP contribution is 2.40. The Kier molecular flexibility index (Phi) is 11.3. The van der Waals surface area contributed by atoms with Crippen molar-refractivity contribution in [1.29, 1.82) is 0 Å². The maximum Gasteiger partial charge on any atom is 0.317 e. The third kappa shape index (κ3) is 7.87. The fourth-order valence-corrected chi connectivity index (χ4v) is 8.54. The monoisotopic (exact) mass is 730 g/mol. The molecule has 0 unspecified atom stereocenters. The Hall–Kier alpha value is -5.16. The summed E-state index contributed by atoms with van der Waals surface area (Å²) in [4.78, 5) is 44.3. The van der Waals surface area contributed by atoms with E-state index in [0.717, 1.165) is 59.4 Å². The number of nitrogens with one attached hydrogen (secondary N) is 3. The number of amides is 4. The molecule has 3 aliphatic heterocycles. The molecule has 3 N–H and O–H groups in total. The lowest BCUT2D eigenvalue weighted by Gasteiger charge is -2.42. The fourth-order valence-electron chi connectivity index (χ4n) is 8.54. The minimum absolute atomic E-state index is 0.0334. The molecule has 0 aliphatic carbocycles. The summed E-state index contributed by atoms with van der Waals surface area (Å²) < 4.78 is 1.87. The molecule has 4 amide bonds. The van der Waals surface area contributed by atoms with Crippen LogP contribution in [0.1, 0.15) is 89.4 Å². The molecule has 284 valence electrons. The maximum absolute atomic E-state index is 13.1. The Balaban J connectivity index is 0.868. The summed E-state index contributed by atoms with van der Waals surface area (Å²) >= 11 is 0. The van der Waals surface area contributed by atoms with Crippen molar-refractivity contribution in [1.82, 2.24) is 25.3 Å². The Morgan fingerprint density at radius 1 is 0.741 bits per heavy atom. The first-order valence-electron chi connectivity index (χ1n) is 19.7. The summed E-state index contributed by atoms with van der Waals surface area (Å²) in [6.07, 6.45) is 8.36. The highest BCUT2D eigenvalue weighted by atomic mass is 16.2. The van der Waals surface area contributed by atoms with Gasteiger partial charge in [-0.05, 0) is 80.5 Å². The molecule has 54 heavy (non-hydrogen) atoms. The van der Waals surface area contributed by atoms with E-state index in [1.54, 1.807) is 0 Å². The van der Waals surface area contributed by atoms with Crippen LogP contribution in [0.4, 0.5) is 21.9 Å². The van der Waals surface area contributed by atoms with Gasteiger partial charge in [-0.25, -0.2) is 4.79 Å². The zero-order chi connectivity index (χ0) is 37.8. The Morgan fingerprint density at radius 3 is 1.93 bits per heavy atom. The van der Waals surface area contributed by atoms with Crippen LogP contribution < -0.4 is 25.8 Å². The predicted molar refractivity (Wildman–Crippen MR) is 214 cm³/mol. The first-order chi connectivity index (χ1) is 26.2. The van der Waals surface area contributed by atoms with Gasteiger partial charge in [-0.3, -0.25) is 14.3 Å². The largest absolute Gasteiger partial charge is 0.378 e. The number of anilines is 3.